The standard InChI is InChI=1S/C15H24N2O2/c1-12-7-10-19-13(12)14(18)17-15(11-16)8-5-3-2-4-6-9-15/h12-13H,2-10H2,1H3,(H,17,18). The number of amides is 1. The molecule has 2 unspecified atom stereocenters. The molecular formula is C15H24N2O2. The third-order valence-corrected chi connectivity index (χ3v) is 4.43. The van der Waals surface area contributed by atoms with Crippen molar-refractivity contribution in [2.45, 2.75) is 69.9 Å². The summed E-state index contributed by atoms with van der Waals surface area (Å²) in [5, 5.41) is 12.5. The zero-order valence-corrected chi connectivity index (χ0v) is 11.8. The van der Waals surface area contributed by atoms with E-state index in [0.29, 0.717) is 6.61 Å². The van der Waals surface area contributed by atoms with Crippen LogP contribution in [0.5, 0.6) is 0 Å². The third kappa shape index (κ3) is 3.48. The summed E-state index contributed by atoms with van der Waals surface area (Å²) in [7, 11) is 0. The molecule has 1 saturated carbocycles. The van der Waals surface area contributed by atoms with Crippen LogP contribution in [0.25, 0.3) is 0 Å². The highest BCUT2D eigenvalue weighted by Crippen LogP contribution is 2.27. The molecule has 2 atom stereocenters. The SMILES string of the molecule is CC1CCOC1C(=O)NC1(C#N)CCCCCCC1. The Morgan fingerprint density at radius 3 is 2.42 bits per heavy atom. The summed E-state index contributed by atoms with van der Waals surface area (Å²) >= 11 is 0. The smallest absolute Gasteiger partial charge is 0.250 e. The van der Waals surface area contributed by atoms with Crippen molar-refractivity contribution in [1.82, 2.24) is 5.32 Å². The largest absolute Gasteiger partial charge is 0.368 e. The maximum absolute atomic E-state index is 12.3. The van der Waals surface area contributed by atoms with Gasteiger partial charge in [-0.15, -0.1) is 0 Å². The molecule has 19 heavy (non-hydrogen) atoms. The van der Waals surface area contributed by atoms with Gasteiger partial charge in [0.15, 0.2) is 0 Å². The number of rotatable bonds is 2. The second-order valence-electron chi connectivity index (χ2n) is 6.01. The lowest BCUT2D eigenvalue weighted by Crippen LogP contribution is -2.52. The molecule has 1 heterocycles. The molecule has 2 fully saturated rings. The summed E-state index contributed by atoms with van der Waals surface area (Å²) in [6, 6.07) is 2.37. The van der Waals surface area contributed by atoms with Crippen molar-refractivity contribution in [3.63, 3.8) is 0 Å². The first kappa shape index (κ1) is 14.3. The Kier molecular flexibility index (Phi) is 4.81. The van der Waals surface area contributed by atoms with Gasteiger partial charge >= 0.3 is 0 Å². The van der Waals surface area contributed by atoms with Crippen LogP contribution in [0, 0.1) is 17.2 Å². The molecular weight excluding hydrogens is 240 g/mol. The number of carbonyl (C=O) groups excluding carboxylic acids is 1. The molecule has 1 aliphatic heterocycles. The van der Waals surface area contributed by atoms with Crippen molar-refractivity contribution >= 4 is 5.91 Å². The number of carbonyl (C=O) groups is 1. The Bertz CT molecular complexity index is 354. The van der Waals surface area contributed by atoms with Crippen LogP contribution in [-0.4, -0.2) is 24.2 Å². The van der Waals surface area contributed by atoms with Crippen LogP contribution in [0.3, 0.4) is 0 Å². The zero-order chi connectivity index (χ0) is 13.7. The topological polar surface area (TPSA) is 62.1 Å². The molecule has 2 rings (SSSR count). The second kappa shape index (κ2) is 6.38. The minimum Gasteiger partial charge on any atom is -0.368 e. The number of hydrogen-bond acceptors (Lipinski definition) is 3. The highest BCUT2D eigenvalue weighted by atomic mass is 16.5. The first-order valence-corrected chi connectivity index (χ1v) is 7.52. The Labute approximate surface area is 115 Å². The predicted molar refractivity (Wildman–Crippen MR) is 72.3 cm³/mol. The molecule has 0 spiro atoms. The highest BCUT2D eigenvalue weighted by Gasteiger charge is 2.37. The van der Waals surface area contributed by atoms with Crippen molar-refractivity contribution in [2.75, 3.05) is 6.61 Å². The summed E-state index contributed by atoms with van der Waals surface area (Å²) in [6.07, 6.45) is 7.73. The summed E-state index contributed by atoms with van der Waals surface area (Å²) in [5.41, 5.74) is -0.664. The molecule has 0 aromatic rings. The van der Waals surface area contributed by atoms with Crippen LogP contribution < -0.4 is 5.32 Å². The molecule has 0 aromatic heterocycles. The molecule has 1 aliphatic carbocycles. The third-order valence-electron chi connectivity index (χ3n) is 4.43. The van der Waals surface area contributed by atoms with Gasteiger partial charge in [0.1, 0.15) is 11.6 Å². The van der Waals surface area contributed by atoms with Crippen LogP contribution in [0.4, 0.5) is 0 Å². The quantitative estimate of drug-likeness (QED) is 0.833. The summed E-state index contributed by atoms with van der Waals surface area (Å²) in [5.74, 6) is 0.163. The first-order valence-electron chi connectivity index (χ1n) is 7.52. The fourth-order valence-corrected chi connectivity index (χ4v) is 3.11. The van der Waals surface area contributed by atoms with Gasteiger partial charge in [-0.25, -0.2) is 0 Å². The van der Waals surface area contributed by atoms with E-state index in [1.807, 2.05) is 6.92 Å². The van der Waals surface area contributed by atoms with Gasteiger partial charge in [-0.3, -0.25) is 4.79 Å². The number of nitrogens with zero attached hydrogens (tertiary/aromatic N) is 1. The Morgan fingerprint density at radius 1 is 1.26 bits per heavy atom. The van der Waals surface area contributed by atoms with Crippen molar-refractivity contribution in [1.29, 1.82) is 5.26 Å². The summed E-state index contributed by atoms with van der Waals surface area (Å²) in [4.78, 5) is 12.3. The summed E-state index contributed by atoms with van der Waals surface area (Å²) in [6.45, 7) is 2.69. The van der Waals surface area contributed by atoms with E-state index in [-0.39, 0.29) is 17.9 Å². The second-order valence-corrected chi connectivity index (χ2v) is 6.01. The van der Waals surface area contributed by atoms with E-state index >= 15 is 0 Å². The number of ether oxygens (including phenoxy) is 1. The maximum atomic E-state index is 12.3. The van der Waals surface area contributed by atoms with Crippen LogP contribution in [-0.2, 0) is 9.53 Å². The van der Waals surface area contributed by atoms with Gasteiger partial charge in [-0.1, -0.05) is 39.0 Å². The molecule has 0 radical (unpaired) electrons. The van der Waals surface area contributed by atoms with Crippen molar-refractivity contribution < 1.29 is 9.53 Å². The average Bonchev–Trinajstić information content (AvgIpc) is 2.79. The number of hydrogen-bond donors (Lipinski definition) is 1. The monoisotopic (exact) mass is 264 g/mol. The molecule has 0 bridgehead atoms. The predicted octanol–water partition coefficient (Wildman–Crippen LogP) is 2.53. The van der Waals surface area contributed by atoms with E-state index in [0.717, 1.165) is 44.9 Å². The molecule has 1 amide bonds. The lowest BCUT2D eigenvalue weighted by Gasteiger charge is -2.31. The molecule has 0 aromatic carbocycles. The Hall–Kier alpha value is -1.08. The average molecular weight is 264 g/mol. The molecule has 1 saturated heterocycles. The van der Waals surface area contributed by atoms with Crippen LogP contribution in [0.1, 0.15) is 58.3 Å². The van der Waals surface area contributed by atoms with Crippen LogP contribution >= 0.6 is 0 Å². The van der Waals surface area contributed by atoms with E-state index in [1.165, 1.54) is 6.42 Å². The van der Waals surface area contributed by atoms with Gasteiger partial charge in [-0.2, -0.15) is 5.26 Å². The molecule has 106 valence electrons. The summed E-state index contributed by atoms with van der Waals surface area (Å²) < 4.78 is 5.49. The molecule has 4 heteroatoms. The van der Waals surface area contributed by atoms with Crippen molar-refractivity contribution in [3.8, 4) is 6.07 Å². The van der Waals surface area contributed by atoms with E-state index < -0.39 is 5.54 Å². The molecule has 2 aliphatic rings. The van der Waals surface area contributed by atoms with Gasteiger partial charge in [0.25, 0.3) is 5.91 Å². The highest BCUT2D eigenvalue weighted by molar-refractivity contribution is 5.82. The first-order chi connectivity index (χ1) is 9.17. The Morgan fingerprint density at radius 2 is 1.89 bits per heavy atom. The number of nitrogens with one attached hydrogen (secondary N) is 1. The minimum absolute atomic E-state index is 0.0906. The van der Waals surface area contributed by atoms with Gasteiger partial charge in [0.05, 0.1) is 6.07 Å². The maximum Gasteiger partial charge on any atom is 0.250 e. The fourth-order valence-electron chi connectivity index (χ4n) is 3.11. The van der Waals surface area contributed by atoms with E-state index in [2.05, 4.69) is 11.4 Å². The van der Waals surface area contributed by atoms with E-state index in [4.69, 9.17) is 4.74 Å². The molecule has 1 N–H and O–H groups in total. The van der Waals surface area contributed by atoms with Gasteiger partial charge in [-0.05, 0) is 25.2 Å². The number of nitriles is 1. The van der Waals surface area contributed by atoms with Crippen LogP contribution in [0.2, 0.25) is 0 Å². The lowest BCUT2D eigenvalue weighted by atomic mass is 9.84. The van der Waals surface area contributed by atoms with Gasteiger partial charge < -0.3 is 10.1 Å². The van der Waals surface area contributed by atoms with Crippen LogP contribution in [0.15, 0.2) is 0 Å². The van der Waals surface area contributed by atoms with E-state index in [9.17, 15) is 10.1 Å². The van der Waals surface area contributed by atoms with Gasteiger partial charge in [0.2, 0.25) is 0 Å². The van der Waals surface area contributed by atoms with Crippen molar-refractivity contribution in [2.24, 2.45) is 5.92 Å². The minimum atomic E-state index is -0.664. The van der Waals surface area contributed by atoms with Gasteiger partial charge in [0, 0.05) is 6.61 Å². The van der Waals surface area contributed by atoms with Crippen molar-refractivity contribution in [3.05, 3.63) is 0 Å². The fraction of sp³-hybridized carbons (Fsp3) is 0.867. The lowest BCUT2D eigenvalue weighted by molar-refractivity contribution is -0.133. The normalized spacial score (nSPS) is 30.9. The molecule has 4 nitrogen and oxygen atoms in total. The van der Waals surface area contributed by atoms with E-state index in [1.54, 1.807) is 0 Å². The Balaban J connectivity index is 2.00. The zero-order valence-electron chi connectivity index (χ0n) is 11.8.